The topological polar surface area (TPSA) is 61.8 Å². The van der Waals surface area contributed by atoms with Gasteiger partial charge in [-0.2, -0.15) is 0 Å². The summed E-state index contributed by atoms with van der Waals surface area (Å²) in [6.07, 6.45) is 63.3. The first-order valence-corrected chi connectivity index (χ1v) is 27.9. The van der Waals surface area contributed by atoms with Crippen molar-refractivity contribution in [1.29, 1.82) is 0 Å². The number of ether oxygens (including phenoxy) is 3. The molecule has 0 aromatic heterocycles. The van der Waals surface area contributed by atoms with E-state index in [9.17, 15) is 9.59 Å². The van der Waals surface area contributed by atoms with Crippen molar-refractivity contribution in [2.24, 2.45) is 0 Å². The summed E-state index contributed by atoms with van der Waals surface area (Å²) in [5.41, 5.74) is 0. The lowest BCUT2D eigenvalue weighted by Crippen LogP contribution is -2.30. The first kappa shape index (κ1) is 60.4. The van der Waals surface area contributed by atoms with Gasteiger partial charge in [-0.1, -0.05) is 263 Å². The van der Waals surface area contributed by atoms with Crippen LogP contribution in [0.25, 0.3) is 0 Å². The third-order valence-corrected chi connectivity index (χ3v) is 12.5. The van der Waals surface area contributed by atoms with Crippen LogP contribution in [0.15, 0.2) is 24.3 Å². The molecule has 0 rings (SSSR count). The molecule has 0 aliphatic heterocycles. The zero-order valence-electron chi connectivity index (χ0n) is 42.2. The van der Waals surface area contributed by atoms with Gasteiger partial charge in [-0.15, -0.1) is 0 Å². The predicted molar refractivity (Wildman–Crippen MR) is 270 cm³/mol. The smallest absolute Gasteiger partial charge is 0.306 e. The van der Waals surface area contributed by atoms with E-state index in [1.54, 1.807) is 0 Å². The molecule has 1 atom stereocenters. The van der Waals surface area contributed by atoms with Gasteiger partial charge < -0.3 is 14.2 Å². The Balaban J connectivity index is 4.20. The molecule has 0 saturated heterocycles. The minimum atomic E-state index is -0.531. The number of rotatable bonds is 52. The summed E-state index contributed by atoms with van der Waals surface area (Å²) in [5, 5.41) is 0. The van der Waals surface area contributed by atoms with Crippen molar-refractivity contribution in [3.8, 4) is 0 Å². The first-order valence-electron chi connectivity index (χ1n) is 27.9. The Labute approximate surface area is 387 Å². The van der Waals surface area contributed by atoms with Crippen LogP contribution in [0.2, 0.25) is 0 Å². The fourth-order valence-electron chi connectivity index (χ4n) is 8.31. The number of unbranched alkanes of at least 4 members (excludes halogenated alkanes) is 37. The van der Waals surface area contributed by atoms with Gasteiger partial charge in [-0.25, -0.2) is 0 Å². The van der Waals surface area contributed by atoms with Crippen LogP contribution in [0.1, 0.15) is 303 Å². The summed E-state index contributed by atoms with van der Waals surface area (Å²) in [7, 11) is 0. The van der Waals surface area contributed by atoms with E-state index in [4.69, 9.17) is 14.2 Å². The average Bonchev–Trinajstić information content (AvgIpc) is 3.27. The van der Waals surface area contributed by atoms with E-state index in [0.29, 0.717) is 26.1 Å². The molecule has 366 valence electrons. The van der Waals surface area contributed by atoms with Crippen molar-refractivity contribution in [3.63, 3.8) is 0 Å². The van der Waals surface area contributed by atoms with E-state index in [0.717, 1.165) is 38.5 Å². The summed E-state index contributed by atoms with van der Waals surface area (Å²) >= 11 is 0. The van der Waals surface area contributed by atoms with E-state index in [1.165, 1.54) is 231 Å². The SMILES string of the molecule is CCCCC/C=C\C/C=C\CCCCCCCCCC(=O)OCC(COCCCCCCCCCCCCCC)OC(=O)CCCCCCCCCCCCCCCCCCC. The first-order chi connectivity index (χ1) is 30.6. The van der Waals surface area contributed by atoms with Crippen molar-refractivity contribution in [3.05, 3.63) is 24.3 Å². The van der Waals surface area contributed by atoms with Crippen molar-refractivity contribution < 1.29 is 23.8 Å². The Bertz CT molecular complexity index is 943. The van der Waals surface area contributed by atoms with Gasteiger partial charge in [0.2, 0.25) is 0 Å². The lowest BCUT2D eigenvalue weighted by atomic mass is 10.0. The molecule has 5 nitrogen and oxygen atoms in total. The minimum absolute atomic E-state index is 0.0890. The van der Waals surface area contributed by atoms with Crippen molar-refractivity contribution in [2.75, 3.05) is 19.8 Å². The summed E-state index contributed by atoms with van der Waals surface area (Å²) in [6.45, 7) is 7.86. The summed E-state index contributed by atoms with van der Waals surface area (Å²) in [5.74, 6) is -0.384. The zero-order chi connectivity index (χ0) is 44.9. The number of carbonyl (C=O) groups is 2. The van der Waals surface area contributed by atoms with Crippen LogP contribution in [0, 0.1) is 0 Å². The molecule has 0 fully saturated rings. The second-order valence-corrected chi connectivity index (χ2v) is 18.9. The largest absolute Gasteiger partial charge is 0.462 e. The molecule has 1 unspecified atom stereocenters. The number of hydrogen-bond acceptors (Lipinski definition) is 5. The molecule has 0 aromatic rings. The molecular weight excluding hydrogens is 765 g/mol. The van der Waals surface area contributed by atoms with Crippen LogP contribution in [0.3, 0.4) is 0 Å². The fraction of sp³-hybridized carbons (Fsp3) is 0.895. The quantitative estimate of drug-likeness (QED) is 0.0346. The highest BCUT2D eigenvalue weighted by atomic mass is 16.6. The van der Waals surface area contributed by atoms with Gasteiger partial charge in [0, 0.05) is 19.4 Å². The van der Waals surface area contributed by atoms with Crippen LogP contribution < -0.4 is 0 Å². The number of carbonyl (C=O) groups excluding carboxylic acids is 2. The summed E-state index contributed by atoms with van der Waals surface area (Å²) in [6, 6.07) is 0. The molecule has 0 N–H and O–H groups in total. The highest BCUT2D eigenvalue weighted by Gasteiger charge is 2.17. The van der Waals surface area contributed by atoms with E-state index in [1.807, 2.05) is 0 Å². The van der Waals surface area contributed by atoms with Crippen LogP contribution in [0.5, 0.6) is 0 Å². The normalized spacial score (nSPS) is 12.2. The van der Waals surface area contributed by atoms with Crippen molar-refractivity contribution in [1.82, 2.24) is 0 Å². The second-order valence-electron chi connectivity index (χ2n) is 18.9. The monoisotopic (exact) mass is 873 g/mol. The summed E-state index contributed by atoms with van der Waals surface area (Å²) < 4.78 is 17.5. The van der Waals surface area contributed by atoms with Crippen LogP contribution >= 0.6 is 0 Å². The number of hydrogen-bond donors (Lipinski definition) is 0. The molecule has 0 saturated carbocycles. The van der Waals surface area contributed by atoms with Gasteiger partial charge >= 0.3 is 11.9 Å². The molecule has 0 aliphatic rings. The maximum absolute atomic E-state index is 12.8. The Kier molecular flexibility index (Phi) is 52.3. The minimum Gasteiger partial charge on any atom is -0.462 e. The highest BCUT2D eigenvalue weighted by Crippen LogP contribution is 2.16. The lowest BCUT2D eigenvalue weighted by Gasteiger charge is -2.18. The molecule has 0 amide bonds. The average molecular weight is 873 g/mol. The van der Waals surface area contributed by atoms with Gasteiger partial charge in [-0.3, -0.25) is 9.59 Å². The molecule has 0 aromatic carbocycles. The van der Waals surface area contributed by atoms with E-state index in [2.05, 4.69) is 45.1 Å². The predicted octanol–water partition coefficient (Wildman–Crippen LogP) is 18.8. The van der Waals surface area contributed by atoms with Crippen LogP contribution in [-0.2, 0) is 23.8 Å². The standard InChI is InChI=1S/C57H108O5/c1-4-7-10-13-16-19-22-25-27-29-31-33-35-38-41-44-47-50-56(58)61-54-55(53-60-52-49-46-43-40-37-24-21-18-15-12-9-6-3)62-57(59)51-48-45-42-39-36-34-32-30-28-26-23-20-17-14-11-8-5-2/h16,19,25,27,55H,4-15,17-18,20-24,26,28-54H2,1-3H3/b19-16-,27-25-. The van der Waals surface area contributed by atoms with Crippen LogP contribution in [-0.4, -0.2) is 37.9 Å². The Morgan fingerprint density at radius 1 is 0.355 bits per heavy atom. The second kappa shape index (κ2) is 53.7. The van der Waals surface area contributed by atoms with E-state index >= 15 is 0 Å². The van der Waals surface area contributed by atoms with Crippen molar-refractivity contribution in [2.45, 2.75) is 309 Å². The van der Waals surface area contributed by atoms with Gasteiger partial charge in [-0.05, 0) is 51.4 Å². The fourth-order valence-corrected chi connectivity index (χ4v) is 8.31. The zero-order valence-corrected chi connectivity index (χ0v) is 42.2. The third kappa shape index (κ3) is 51.0. The van der Waals surface area contributed by atoms with Gasteiger partial charge in [0.15, 0.2) is 6.10 Å². The molecule has 0 bridgehead atoms. The Morgan fingerprint density at radius 2 is 0.677 bits per heavy atom. The molecule has 5 heteroatoms. The summed E-state index contributed by atoms with van der Waals surface area (Å²) in [4.78, 5) is 25.5. The molecule has 0 heterocycles. The molecule has 0 aliphatic carbocycles. The van der Waals surface area contributed by atoms with Gasteiger partial charge in [0.05, 0.1) is 6.61 Å². The third-order valence-electron chi connectivity index (χ3n) is 12.5. The van der Waals surface area contributed by atoms with Gasteiger partial charge in [0.25, 0.3) is 0 Å². The molecular formula is C57H108O5. The van der Waals surface area contributed by atoms with Crippen LogP contribution in [0.4, 0.5) is 0 Å². The molecule has 62 heavy (non-hydrogen) atoms. The maximum atomic E-state index is 12.8. The molecule has 0 spiro atoms. The Morgan fingerprint density at radius 3 is 1.10 bits per heavy atom. The number of allylic oxidation sites excluding steroid dienone is 4. The highest BCUT2D eigenvalue weighted by molar-refractivity contribution is 5.70. The van der Waals surface area contributed by atoms with E-state index < -0.39 is 6.10 Å². The molecule has 0 radical (unpaired) electrons. The maximum Gasteiger partial charge on any atom is 0.306 e. The Hall–Kier alpha value is -1.62. The van der Waals surface area contributed by atoms with Gasteiger partial charge in [0.1, 0.15) is 6.61 Å². The van der Waals surface area contributed by atoms with Crippen molar-refractivity contribution >= 4 is 11.9 Å². The lowest BCUT2D eigenvalue weighted by molar-refractivity contribution is -0.163. The van der Waals surface area contributed by atoms with E-state index in [-0.39, 0.29) is 18.5 Å². The number of esters is 2.